The maximum absolute atomic E-state index is 13.3. The summed E-state index contributed by atoms with van der Waals surface area (Å²) in [6.07, 6.45) is -6.93. The number of piperidine rings is 1. The monoisotopic (exact) mass is 567 g/mol. The molecule has 0 spiro atoms. The Hall–Kier alpha value is -3.67. The molecule has 6 nitrogen and oxygen atoms in total. The van der Waals surface area contributed by atoms with E-state index < -0.39 is 36.2 Å². The summed E-state index contributed by atoms with van der Waals surface area (Å²) in [4.78, 5) is 30.6. The molecule has 0 N–H and O–H groups in total. The van der Waals surface area contributed by atoms with Gasteiger partial charge in [0.25, 0.3) is 0 Å². The van der Waals surface area contributed by atoms with E-state index in [1.165, 1.54) is 17.1 Å². The highest BCUT2D eigenvalue weighted by Crippen LogP contribution is 2.37. The van der Waals surface area contributed by atoms with Crippen molar-refractivity contribution in [2.24, 2.45) is 0 Å². The molecule has 1 amide bonds. The number of ether oxygens (including phenoxy) is 1. The van der Waals surface area contributed by atoms with Crippen molar-refractivity contribution in [3.05, 3.63) is 89.0 Å². The molecule has 1 aromatic heterocycles. The summed E-state index contributed by atoms with van der Waals surface area (Å²) in [5.41, 5.74) is -1.95. The molecule has 0 radical (unpaired) electrons. The second-order valence-electron chi connectivity index (χ2n) is 9.62. The SMILES string of the molecule is CCC(=O)c1cn(CC(=O)N2CC[C@H](OCc3cc(C(F)(F)F)cc(C(F)(F)F)c3)[C@H](c3ccccc3)C2)cn1. The number of imidazole rings is 1. The molecule has 0 aliphatic carbocycles. The molecule has 0 saturated carbocycles. The number of carbonyl (C=O) groups is 2. The quantitative estimate of drug-likeness (QED) is 0.243. The van der Waals surface area contributed by atoms with Crippen molar-refractivity contribution in [1.29, 1.82) is 0 Å². The third-order valence-corrected chi connectivity index (χ3v) is 6.80. The lowest BCUT2D eigenvalue weighted by molar-refractivity contribution is -0.143. The number of halogens is 6. The summed E-state index contributed by atoms with van der Waals surface area (Å²) in [6.45, 7) is 1.72. The molecule has 1 saturated heterocycles. The molecule has 40 heavy (non-hydrogen) atoms. The van der Waals surface area contributed by atoms with E-state index in [4.69, 9.17) is 4.74 Å². The van der Waals surface area contributed by atoms with Crippen LogP contribution in [0.4, 0.5) is 26.3 Å². The first-order valence-electron chi connectivity index (χ1n) is 12.6. The molecule has 2 heterocycles. The van der Waals surface area contributed by atoms with Gasteiger partial charge in [0, 0.05) is 31.6 Å². The Morgan fingerprint density at radius 3 is 2.25 bits per heavy atom. The molecule has 1 fully saturated rings. The summed E-state index contributed by atoms with van der Waals surface area (Å²) in [5, 5.41) is 0. The summed E-state index contributed by atoms with van der Waals surface area (Å²) in [5.74, 6) is -0.733. The highest BCUT2D eigenvalue weighted by Gasteiger charge is 2.38. The van der Waals surface area contributed by atoms with Gasteiger partial charge in [-0.15, -0.1) is 0 Å². The molecular weight excluding hydrogens is 540 g/mol. The van der Waals surface area contributed by atoms with Gasteiger partial charge in [-0.1, -0.05) is 37.3 Å². The van der Waals surface area contributed by atoms with Crippen molar-refractivity contribution in [3.63, 3.8) is 0 Å². The number of benzene rings is 2. The largest absolute Gasteiger partial charge is 0.416 e. The van der Waals surface area contributed by atoms with E-state index in [1.807, 2.05) is 12.1 Å². The second kappa shape index (κ2) is 11.8. The van der Waals surface area contributed by atoms with Crippen molar-refractivity contribution in [1.82, 2.24) is 14.5 Å². The van der Waals surface area contributed by atoms with Gasteiger partial charge >= 0.3 is 12.4 Å². The van der Waals surface area contributed by atoms with Crippen LogP contribution in [-0.2, 0) is 35.0 Å². The number of alkyl halides is 6. The van der Waals surface area contributed by atoms with Gasteiger partial charge in [-0.05, 0) is 35.7 Å². The highest BCUT2D eigenvalue weighted by atomic mass is 19.4. The number of Topliss-reactive ketones (excluding diaryl/α,β-unsaturated/α-hetero) is 1. The first-order chi connectivity index (χ1) is 18.8. The zero-order valence-electron chi connectivity index (χ0n) is 21.5. The maximum Gasteiger partial charge on any atom is 0.416 e. The third-order valence-electron chi connectivity index (χ3n) is 6.80. The van der Waals surface area contributed by atoms with Gasteiger partial charge in [0.05, 0.1) is 30.2 Å². The minimum absolute atomic E-state index is 0.0402. The van der Waals surface area contributed by atoms with Crippen LogP contribution < -0.4 is 0 Å². The number of nitrogens with zero attached hydrogens (tertiary/aromatic N) is 3. The van der Waals surface area contributed by atoms with E-state index in [9.17, 15) is 35.9 Å². The van der Waals surface area contributed by atoms with E-state index in [-0.39, 0.29) is 61.0 Å². The Labute approximate surface area is 226 Å². The van der Waals surface area contributed by atoms with Crippen LogP contribution >= 0.6 is 0 Å². The van der Waals surface area contributed by atoms with Crippen LogP contribution in [0.3, 0.4) is 0 Å². The van der Waals surface area contributed by atoms with E-state index >= 15 is 0 Å². The topological polar surface area (TPSA) is 64.4 Å². The summed E-state index contributed by atoms with van der Waals surface area (Å²) in [7, 11) is 0. The van der Waals surface area contributed by atoms with E-state index in [0.29, 0.717) is 18.6 Å². The van der Waals surface area contributed by atoms with Crippen LogP contribution in [0.15, 0.2) is 61.1 Å². The van der Waals surface area contributed by atoms with Gasteiger partial charge in [0.2, 0.25) is 5.91 Å². The predicted molar refractivity (Wildman–Crippen MR) is 132 cm³/mol. The van der Waals surface area contributed by atoms with Gasteiger partial charge in [0.15, 0.2) is 5.78 Å². The normalized spacial score (nSPS) is 18.1. The molecule has 214 valence electrons. The van der Waals surface area contributed by atoms with Gasteiger partial charge in [0.1, 0.15) is 12.2 Å². The maximum atomic E-state index is 13.3. The number of rotatable bonds is 8. The van der Waals surface area contributed by atoms with Crippen LogP contribution in [0.25, 0.3) is 0 Å². The van der Waals surface area contributed by atoms with Crippen molar-refractivity contribution < 1.29 is 40.7 Å². The summed E-state index contributed by atoms with van der Waals surface area (Å²) >= 11 is 0. The number of likely N-dealkylation sites (tertiary alicyclic amines) is 1. The van der Waals surface area contributed by atoms with Crippen LogP contribution in [0.1, 0.15) is 58.4 Å². The lowest BCUT2D eigenvalue weighted by Crippen LogP contribution is -2.46. The fraction of sp³-hybridized carbons (Fsp3) is 0.393. The highest BCUT2D eigenvalue weighted by molar-refractivity contribution is 5.93. The first kappa shape index (κ1) is 29.3. The summed E-state index contributed by atoms with van der Waals surface area (Å²) in [6, 6.07) is 10.5. The fourth-order valence-electron chi connectivity index (χ4n) is 4.71. The Morgan fingerprint density at radius 2 is 1.65 bits per heavy atom. The number of hydrogen-bond donors (Lipinski definition) is 0. The summed E-state index contributed by atoms with van der Waals surface area (Å²) < 4.78 is 87.1. The van der Waals surface area contributed by atoms with Gasteiger partial charge in [-0.25, -0.2) is 4.98 Å². The second-order valence-corrected chi connectivity index (χ2v) is 9.62. The zero-order chi connectivity index (χ0) is 29.1. The van der Waals surface area contributed by atoms with E-state index in [1.54, 1.807) is 30.0 Å². The lowest BCUT2D eigenvalue weighted by atomic mass is 9.87. The van der Waals surface area contributed by atoms with Crippen LogP contribution in [0.5, 0.6) is 0 Å². The number of hydrogen-bond acceptors (Lipinski definition) is 4. The first-order valence-corrected chi connectivity index (χ1v) is 12.6. The number of carbonyl (C=O) groups excluding carboxylic acids is 2. The fourth-order valence-corrected chi connectivity index (χ4v) is 4.71. The third kappa shape index (κ3) is 7.09. The minimum atomic E-state index is -4.95. The molecule has 1 aliphatic heterocycles. The van der Waals surface area contributed by atoms with E-state index in [2.05, 4.69) is 4.98 Å². The van der Waals surface area contributed by atoms with Crippen molar-refractivity contribution >= 4 is 11.7 Å². The Kier molecular flexibility index (Phi) is 8.67. The molecule has 0 bridgehead atoms. The molecule has 3 aromatic rings. The molecule has 4 rings (SSSR count). The van der Waals surface area contributed by atoms with Crippen molar-refractivity contribution in [3.8, 4) is 0 Å². The standard InChI is InChI=1S/C28H27F6N3O3/c1-2-24(38)23-14-36(17-35-23)15-26(39)37-9-8-25(22(13-37)19-6-4-3-5-7-19)40-16-18-10-20(27(29,30)31)12-21(11-18)28(32,33)34/h3-7,10-12,14,17,22,25H,2,8-9,13,15-16H2,1H3/t22-,25-/m0/s1. The van der Waals surface area contributed by atoms with Crippen LogP contribution in [0.2, 0.25) is 0 Å². The van der Waals surface area contributed by atoms with Crippen LogP contribution in [-0.4, -0.2) is 45.3 Å². The number of amides is 1. The van der Waals surface area contributed by atoms with Crippen LogP contribution in [0, 0.1) is 0 Å². The lowest BCUT2D eigenvalue weighted by Gasteiger charge is -2.39. The Morgan fingerprint density at radius 1 is 1.00 bits per heavy atom. The van der Waals surface area contributed by atoms with Gasteiger partial charge < -0.3 is 14.2 Å². The molecule has 12 heteroatoms. The van der Waals surface area contributed by atoms with Crippen molar-refractivity contribution in [2.75, 3.05) is 13.1 Å². The minimum Gasteiger partial charge on any atom is -0.373 e. The van der Waals surface area contributed by atoms with Gasteiger partial charge in [-0.2, -0.15) is 26.3 Å². The smallest absolute Gasteiger partial charge is 0.373 e. The average Bonchev–Trinajstić information content (AvgIpc) is 3.39. The number of ketones is 1. The molecule has 0 unspecified atom stereocenters. The Balaban J connectivity index is 1.50. The molecule has 1 aliphatic rings. The molecule has 2 aromatic carbocycles. The van der Waals surface area contributed by atoms with E-state index in [0.717, 1.165) is 5.56 Å². The van der Waals surface area contributed by atoms with Crippen molar-refractivity contribution in [2.45, 2.75) is 57.3 Å². The molecule has 2 atom stereocenters. The number of aromatic nitrogens is 2. The molecular formula is C28H27F6N3O3. The zero-order valence-corrected chi connectivity index (χ0v) is 21.5. The average molecular weight is 568 g/mol. The van der Waals surface area contributed by atoms with Gasteiger partial charge in [-0.3, -0.25) is 9.59 Å². The Bertz CT molecular complexity index is 1300. The predicted octanol–water partition coefficient (Wildman–Crippen LogP) is 6.11.